The molecule has 0 aliphatic carbocycles. The van der Waals surface area contributed by atoms with Crippen LogP contribution < -0.4 is 14.8 Å². The molecular formula is C25H22N2O4S. The molecule has 4 rings (SSSR count). The van der Waals surface area contributed by atoms with Gasteiger partial charge in [-0.15, -0.1) is 0 Å². The Balaban J connectivity index is 1.60. The van der Waals surface area contributed by atoms with Crippen molar-refractivity contribution in [1.82, 2.24) is 0 Å². The Morgan fingerprint density at radius 1 is 0.844 bits per heavy atom. The van der Waals surface area contributed by atoms with Crippen LogP contribution in [0.15, 0.2) is 89.8 Å². The van der Waals surface area contributed by atoms with E-state index in [0.29, 0.717) is 28.3 Å². The molecule has 32 heavy (non-hydrogen) atoms. The molecule has 0 radical (unpaired) electrons. The van der Waals surface area contributed by atoms with E-state index in [1.165, 1.54) is 25.3 Å². The number of carbonyl (C=O) groups excluding carboxylic acids is 1. The van der Waals surface area contributed by atoms with Crippen molar-refractivity contribution in [3.05, 3.63) is 96.1 Å². The number of rotatable bonds is 6. The number of amides is 1. The van der Waals surface area contributed by atoms with Gasteiger partial charge in [-0.1, -0.05) is 42.5 Å². The largest absolute Gasteiger partial charge is 0.497 e. The monoisotopic (exact) mass is 446 g/mol. The second-order valence-electron chi connectivity index (χ2n) is 7.29. The molecule has 0 saturated heterocycles. The fourth-order valence-corrected chi connectivity index (χ4v) is 4.48. The number of anilines is 2. The quantitative estimate of drug-likeness (QED) is 0.426. The first-order valence-corrected chi connectivity index (χ1v) is 11.4. The maximum atomic E-state index is 12.9. The van der Waals surface area contributed by atoms with Gasteiger partial charge in [-0.05, 0) is 60.3 Å². The highest BCUT2D eigenvalue weighted by Crippen LogP contribution is 2.26. The fraction of sp³-hybridized carbons (Fsp3) is 0.0800. The number of ether oxygens (including phenoxy) is 1. The summed E-state index contributed by atoms with van der Waals surface area (Å²) in [5.74, 6) is 0.235. The summed E-state index contributed by atoms with van der Waals surface area (Å²) < 4.78 is 33.3. The van der Waals surface area contributed by atoms with Crippen molar-refractivity contribution >= 4 is 38.1 Å². The summed E-state index contributed by atoms with van der Waals surface area (Å²) in [6, 6.07) is 24.5. The van der Waals surface area contributed by atoms with Crippen LogP contribution in [0.2, 0.25) is 0 Å². The molecule has 6 nitrogen and oxygen atoms in total. The lowest BCUT2D eigenvalue weighted by atomic mass is 10.1. The van der Waals surface area contributed by atoms with E-state index in [-0.39, 0.29) is 10.8 Å². The number of sulfonamides is 1. The molecule has 0 bridgehead atoms. The molecule has 0 atom stereocenters. The smallest absolute Gasteiger partial charge is 0.261 e. The van der Waals surface area contributed by atoms with Crippen LogP contribution >= 0.6 is 0 Å². The molecule has 162 valence electrons. The topological polar surface area (TPSA) is 84.5 Å². The van der Waals surface area contributed by atoms with Crippen LogP contribution in [0.1, 0.15) is 15.9 Å². The molecule has 0 heterocycles. The van der Waals surface area contributed by atoms with Crippen LogP contribution in [0.3, 0.4) is 0 Å². The number of carbonyl (C=O) groups is 1. The SMILES string of the molecule is COc1ccc(S(=O)(=O)Nc2cc(C(=O)Nc3cccc4ccccc34)ccc2C)cc1. The average molecular weight is 447 g/mol. The summed E-state index contributed by atoms with van der Waals surface area (Å²) in [6.07, 6.45) is 0. The number of hydrogen-bond donors (Lipinski definition) is 2. The minimum Gasteiger partial charge on any atom is -0.497 e. The Labute approximate surface area is 186 Å². The summed E-state index contributed by atoms with van der Waals surface area (Å²) in [5.41, 5.74) is 2.07. The Bertz CT molecular complexity index is 1390. The first-order valence-electron chi connectivity index (χ1n) is 9.94. The van der Waals surface area contributed by atoms with Gasteiger partial charge in [0.25, 0.3) is 15.9 Å². The number of fused-ring (bicyclic) bond motifs is 1. The van der Waals surface area contributed by atoms with E-state index >= 15 is 0 Å². The van der Waals surface area contributed by atoms with Crippen LogP contribution in [0.5, 0.6) is 5.75 Å². The lowest BCUT2D eigenvalue weighted by Gasteiger charge is -2.13. The number of methoxy groups -OCH3 is 1. The van der Waals surface area contributed by atoms with Crippen molar-refractivity contribution in [3.63, 3.8) is 0 Å². The van der Waals surface area contributed by atoms with Crippen molar-refractivity contribution in [2.45, 2.75) is 11.8 Å². The van der Waals surface area contributed by atoms with Gasteiger partial charge in [0.1, 0.15) is 5.75 Å². The van der Waals surface area contributed by atoms with Crippen LogP contribution in [0.4, 0.5) is 11.4 Å². The molecule has 0 spiro atoms. The van der Waals surface area contributed by atoms with Gasteiger partial charge < -0.3 is 10.1 Å². The maximum absolute atomic E-state index is 12.9. The zero-order valence-corrected chi connectivity index (χ0v) is 18.4. The van der Waals surface area contributed by atoms with Gasteiger partial charge in [0.2, 0.25) is 0 Å². The third-order valence-electron chi connectivity index (χ3n) is 5.15. The Hall–Kier alpha value is -3.84. The zero-order valence-electron chi connectivity index (χ0n) is 17.6. The lowest BCUT2D eigenvalue weighted by molar-refractivity contribution is 0.102. The van der Waals surface area contributed by atoms with E-state index in [9.17, 15) is 13.2 Å². The zero-order chi connectivity index (χ0) is 22.7. The summed E-state index contributed by atoms with van der Waals surface area (Å²) in [5, 5.41) is 4.87. The first kappa shape index (κ1) is 21.4. The predicted molar refractivity (Wildman–Crippen MR) is 127 cm³/mol. The molecule has 0 saturated carbocycles. The van der Waals surface area contributed by atoms with Crippen LogP contribution in [0.25, 0.3) is 10.8 Å². The molecular weight excluding hydrogens is 424 g/mol. The van der Waals surface area contributed by atoms with Crippen LogP contribution in [-0.4, -0.2) is 21.4 Å². The van der Waals surface area contributed by atoms with Gasteiger partial charge in [0, 0.05) is 16.6 Å². The van der Waals surface area contributed by atoms with Crippen molar-refractivity contribution in [1.29, 1.82) is 0 Å². The third kappa shape index (κ3) is 4.43. The van der Waals surface area contributed by atoms with Gasteiger partial charge >= 0.3 is 0 Å². The molecule has 0 aliphatic heterocycles. The Kier molecular flexibility index (Phi) is 5.83. The van der Waals surface area contributed by atoms with Crippen LogP contribution in [0, 0.1) is 6.92 Å². The van der Waals surface area contributed by atoms with E-state index in [1.54, 1.807) is 31.2 Å². The molecule has 0 unspecified atom stereocenters. The number of benzene rings is 4. The van der Waals surface area contributed by atoms with Crippen molar-refractivity contribution in [3.8, 4) is 5.75 Å². The van der Waals surface area contributed by atoms with Crippen LogP contribution in [-0.2, 0) is 10.0 Å². The first-order chi connectivity index (χ1) is 15.4. The predicted octanol–water partition coefficient (Wildman–Crippen LogP) is 5.21. The minimum atomic E-state index is -3.83. The standard InChI is InChI=1S/C25H22N2O4S/c1-17-10-11-19(25(28)26-23-9-5-7-18-6-3-4-8-22(18)23)16-24(17)27-32(29,30)21-14-12-20(31-2)13-15-21/h3-16,27H,1-2H3,(H,26,28). The number of hydrogen-bond acceptors (Lipinski definition) is 4. The molecule has 0 aliphatic rings. The van der Waals surface area contributed by atoms with E-state index in [4.69, 9.17) is 4.74 Å². The lowest BCUT2D eigenvalue weighted by Crippen LogP contribution is -2.16. The maximum Gasteiger partial charge on any atom is 0.261 e. The second kappa shape index (κ2) is 8.72. The Morgan fingerprint density at radius 3 is 2.31 bits per heavy atom. The van der Waals surface area contributed by atoms with E-state index in [2.05, 4.69) is 10.0 Å². The third-order valence-corrected chi connectivity index (χ3v) is 6.53. The molecule has 0 fully saturated rings. The summed E-state index contributed by atoms with van der Waals surface area (Å²) in [4.78, 5) is 13.0. The summed E-state index contributed by atoms with van der Waals surface area (Å²) in [6.45, 7) is 1.78. The fourth-order valence-electron chi connectivity index (χ4n) is 3.36. The summed E-state index contributed by atoms with van der Waals surface area (Å²) >= 11 is 0. The molecule has 0 aromatic heterocycles. The Morgan fingerprint density at radius 2 is 1.56 bits per heavy atom. The highest BCUT2D eigenvalue weighted by Gasteiger charge is 2.17. The van der Waals surface area contributed by atoms with E-state index in [0.717, 1.165) is 10.8 Å². The molecule has 2 N–H and O–H groups in total. The summed E-state index contributed by atoms with van der Waals surface area (Å²) in [7, 11) is -2.31. The number of aryl methyl sites for hydroxylation is 1. The molecule has 4 aromatic carbocycles. The number of nitrogens with one attached hydrogen (secondary N) is 2. The highest BCUT2D eigenvalue weighted by molar-refractivity contribution is 7.92. The average Bonchev–Trinajstić information content (AvgIpc) is 2.80. The highest BCUT2D eigenvalue weighted by atomic mass is 32.2. The van der Waals surface area contributed by atoms with Gasteiger partial charge in [-0.3, -0.25) is 9.52 Å². The van der Waals surface area contributed by atoms with E-state index < -0.39 is 10.0 Å². The van der Waals surface area contributed by atoms with Gasteiger partial charge in [0.15, 0.2) is 0 Å². The van der Waals surface area contributed by atoms with Gasteiger partial charge in [0.05, 0.1) is 17.7 Å². The minimum absolute atomic E-state index is 0.100. The molecule has 7 heteroatoms. The molecule has 4 aromatic rings. The second-order valence-corrected chi connectivity index (χ2v) is 8.97. The van der Waals surface area contributed by atoms with Crippen molar-refractivity contribution < 1.29 is 17.9 Å². The van der Waals surface area contributed by atoms with Gasteiger partial charge in [-0.25, -0.2) is 8.42 Å². The van der Waals surface area contributed by atoms with E-state index in [1.807, 2.05) is 42.5 Å². The normalized spacial score (nSPS) is 11.2. The van der Waals surface area contributed by atoms with Crippen molar-refractivity contribution in [2.75, 3.05) is 17.1 Å². The van der Waals surface area contributed by atoms with Crippen molar-refractivity contribution in [2.24, 2.45) is 0 Å². The van der Waals surface area contributed by atoms with Gasteiger partial charge in [-0.2, -0.15) is 0 Å². The molecule has 1 amide bonds.